The molecule has 0 aliphatic heterocycles. The maximum absolute atomic E-state index is 12.2. The van der Waals surface area contributed by atoms with Crippen LogP contribution in [0, 0.1) is 12.3 Å². The number of amides is 1. The summed E-state index contributed by atoms with van der Waals surface area (Å²) in [5, 5.41) is 14.5. The van der Waals surface area contributed by atoms with E-state index in [1.165, 1.54) is 6.92 Å². The van der Waals surface area contributed by atoms with Gasteiger partial charge in [0.1, 0.15) is 0 Å². The zero-order chi connectivity index (χ0) is 15.9. The molecule has 0 bridgehead atoms. The number of benzene rings is 2. The van der Waals surface area contributed by atoms with Crippen LogP contribution in [0.4, 0.5) is 11.4 Å². The molecule has 3 N–H and O–H groups in total. The van der Waals surface area contributed by atoms with Crippen molar-refractivity contribution < 1.29 is 4.79 Å². The number of para-hydroxylation sites is 1. The van der Waals surface area contributed by atoms with Crippen molar-refractivity contribution in [3.05, 3.63) is 60.2 Å². The van der Waals surface area contributed by atoms with E-state index in [-0.39, 0.29) is 11.4 Å². The summed E-state index contributed by atoms with van der Waals surface area (Å²) in [6.45, 7) is 3.52. The number of hydrogen-bond acceptors (Lipinski definition) is 4. The summed E-state index contributed by atoms with van der Waals surface area (Å²) in [6.07, 6.45) is 0. The smallest absolute Gasteiger partial charge is 0.277 e. The van der Waals surface area contributed by atoms with Gasteiger partial charge >= 0.3 is 0 Å². The second kappa shape index (κ2) is 7.17. The lowest BCUT2D eigenvalue weighted by Gasteiger charge is -2.08. The predicted octanol–water partition coefficient (Wildman–Crippen LogP) is 3.44. The average Bonchev–Trinajstić information content (AvgIpc) is 2.50. The van der Waals surface area contributed by atoms with Gasteiger partial charge in [-0.25, -0.2) is 0 Å². The molecule has 0 atom stereocenters. The summed E-state index contributed by atoms with van der Waals surface area (Å²) in [5.41, 5.74) is 5.51. The van der Waals surface area contributed by atoms with E-state index in [2.05, 4.69) is 15.8 Å². The van der Waals surface area contributed by atoms with Gasteiger partial charge in [0.2, 0.25) is 0 Å². The van der Waals surface area contributed by atoms with E-state index in [1.807, 2.05) is 49.4 Å². The number of nitrogens with zero attached hydrogens (tertiary/aromatic N) is 1. The van der Waals surface area contributed by atoms with E-state index in [9.17, 15) is 4.79 Å². The standard InChI is InChI=1S/C17H18N4O/c1-12-8-10-15(11-9-12)20-21-16(13(2)18)17(22)19-14-6-4-3-5-7-14/h3-11,18,20H,1-2H3,(H,19,22)/b18-13?,21-16-. The summed E-state index contributed by atoms with van der Waals surface area (Å²) < 4.78 is 0. The van der Waals surface area contributed by atoms with E-state index in [1.54, 1.807) is 12.1 Å². The molecule has 0 radical (unpaired) electrons. The van der Waals surface area contributed by atoms with E-state index < -0.39 is 5.91 Å². The topological polar surface area (TPSA) is 77.3 Å². The molecule has 2 rings (SSSR count). The number of hydrazone groups is 1. The van der Waals surface area contributed by atoms with Crippen LogP contribution >= 0.6 is 0 Å². The molecule has 22 heavy (non-hydrogen) atoms. The Labute approximate surface area is 129 Å². The van der Waals surface area contributed by atoms with Gasteiger partial charge in [0, 0.05) is 5.69 Å². The first-order valence-electron chi connectivity index (χ1n) is 6.88. The molecule has 0 aliphatic rings. The number of rotatable bonds is 5. The van der Waals surface area contributed by atoms with Crippen molar-refractivity contribution in [3.63, 3.8) is 0 Å². The van der Waals surface area contributed by atoms with Crippen molar-refractivity contribution in [3.8, 4) is 0 Å². The largest absolute Gasteiger partial charge is 0.321 e. The first-order valence-corrected chi connectivity index (χ1v) is 6.88. The molecule has 0 fully saturated rings. The van der Waals surface area contributed by atoms with Crippen LogP contribution in [0.5, 0.6) is 0 Å². The molecular formula is C17H18N4O. The van der Waals surface area contributed by atoms with Crippen LogP contribution in [0.1, 0.15) is 12.5 Å². The molecule has 0 heterocycles. The van der Waals surface area contributed by atoms with Gasteiger partial charge in [0.25, 0.3) is 5.91 Å². The molecule has 1 amide bonds. The van der Waals surface area contributed by atoms with Crippen LogP contribution in [-0.4, -0.2) is 17.3 Å². The quantitative estimate of drug-likeness (QED) is 0.583. The van der Waals surface area contributed by atoms with E-state index in [0.29, 0.717) is 5.69 Å². The van der Waals surface area contributed by atoms with Gasteiger partial charge in [-0.3, -0.25) is 10.2 Å². The highest BCUT2D eigenvalue weighted by Gasteiger charge is 2.14. The lowest BCUT2D eigenvalue weighted by molar-refractivity contribution is -0.110. The molecular weight excluding hydrogens is 276 g/mol. The number of hydrogen-bond donors (Lipinski definition) is 3. The first kappa shape index (κ1) is 15.4. The molecule has 0 aliphatic carbocycles. The summed E-state index contributed by atoms with van der Waals surface area (Å²) in [5.74, 6) is -0.418. The number of anilines is 2. The fourth-order valence-electron chi connectivity index (χ4n) is 1.77. The van der Waals surface area contributed by atoms with Gasteiger partial charge in [0.05, 0.1) is 11.4 Å². The molecule has 0 spiro atoms. The molecule has 0 saturated heterocycles. The van der Waals surface area contributed by atoms with E-state index >= 15 is 0 Å². The van der Waals surface area contributed by atoms with Crippen LogP contribution < -0.4 is 10.7 Å². The molecule has 5 heteroatoms. The van der Waals surface area contributed by atoms with Crippen LogP contribution in [-0.2, 0) is 4.79 Å². The van der Waals surface area contributed by atoms with Crippen molar-refractivity contribution in [2.45, 2.75) is 13.8 Å². The number of aryl methyl sites for hydroxylation is 1. The lowest BCUT2D eigenvalue weighted by Crippen LogP contribution is -2.29. The zero-order valence-electron chi connectivity index (χ0n) is 12.6. The normalized spacial score (nSPS) is 10.9. The van der Waals surface area contributed by atoms with Crippen LogP contribution in [0.15, 0.2) is 59.7 Å². The molecule has 0 aromatic heterocycles. The SMILES string of the molecule is CC(=N)/C(=N/Nc1ccc(C)cc1)C(=O)Nc1ccccc1. The molecule has 112 valence electrons. The van der Waals surface area contributed by atoms with E-state index in [4.69, 9.17) is 5.41 Å². The molecule has 0 unspecified atom stereocenters. The summed E-state index contributed by atoms with van der Waals surface area (Å²) >= 11 is 0. The molecule has 5 nitrogen and oxygen atoms in total. The molecule has 2 aromatic rings. The number of carbonyl (C=O) groups is 1. The second-order valence-corrected chi connectivity index (χ2v) is 4.88. The third-order valence-corrected chi connectivity index (χ3v) is 2.95. The minimum Gasteiger partial charge on any atom is -0.321 e. The van der Waals surface area contributed by atoms with Gasteiger partial charge in [-0.15, -0.1) is 0 Å². The fraction of sp³-hybridized carbons (Fsp3) is 0.118. The molecule has 0 saturated carbocycles. The summed E-state index contributed by atoms with van der Waals surface area (Å²) in [4.78, 5) is 12.2. The fourth-order valence-corrected chi connectivity index (χ4v) is 1.77. The highest BCUT2D eigenvalue weighted by Crippen LogP contribution is 2.09. The van der Waals surface area contributed by atoms with Gasteiger partial charge in [0.15, 0.2) is 5.71 Å². The minimum atomic E-state index is -0.418. The number of carbonyl (C=O) groups excluding carboxylic acids is 1. The highest BCUT2D eigenvalue weighted by molar-refractivity contribution is 6.67. The lowest BCUT2D eigenvalue weighted by atomic mass is 10.2. The predicted molar refractivity (Wildman–Crippen MR) is 90.7 cm³/mol. The summed E-state index contributed by atoms with van der Waals surface area (Å²) in [6, 6.07) is 16.7. The van der Waals surface area contributed by atoms with Gasteiger partial charge in [-0.05, 0) is 38.1 Å². The second-order valence-electron chi connectivity index (χ2n) is 4.88. The Kier molecular flexibility index (Phi) is 5.03. The van der Waals surface area contributed by atoms with Crippen molar-refractivity contribution in [2.75, 3.05) is 10.7 Å². The third-order valence-electron chi connectivity index (χ3n) is 2.95. The Morgan fingerprint density at radius 2 is 1.64 bits per heavy atom. The Hall–Kier alpha value is -2.95. The van der Waals surface area contributed by atoms with Crippen LogP contribution in [0.3, 0.4) is 0 Å². The van der Waals surface area contributed by atoms with Gasteiger partial charge < -0.3 is 10.7 Å². The first-order chi connectivity index (χ1) is 10.6. The van der Waals surface area contributed by atoms with Crippen molar-refractivity contribution >= 4 is 28.7 Å². The van der Waals surface area contributed by atoms with Crippen molar-refractivity contribution in [2.24, 2.45) is 5.10 Å². The van der Waals surface area contributed by atoms with Crippen LogP contribution in [0.25, 0.3) is 0 Å². The Bertz CT molecular complexity index is 690. The Morgan fingerprint density at radius 3 is 2.23 bits per heavy atom. The monoisotopic (exact) mass is 294 g/mol. The van der Waals surface area contributed by atoms with Crippen LogP contribution in [0.2, 0.25) is 0 Å². The number of nitrogens with one attached hydrogen (secondary N) is 3. The van der Waals surface area contributed by atoms with Gasteiger partial charge in [-0.2, -0.15) is 5.10 Å². The minimum absolute atomic E-state index is 0.0458. The maximum Gasteiger partial charge on any atom is 0.277 e. The maximum atomic E-state index is 12.2. The highest BCUT2D eigenvalue weighted by atomic mass is 16.2. The third kappa shape index (κ3) is 4.28. The average molecular weight is 294 g/mol. The Balaban J connectivity index is 2.11. The zero-order valence-corrected chi connectivity index (χ0v) is 12.6. The van der Waals surface area contributed by atoms with E-state index in [0.717, 1.165) is 11.3 Å². The summed E-state index contributed by atoms with van der Waals surface area (Å²) in [7, 11) is 0. The van der Waals surface area contributed by atoms with Gasteiger partial charge in [-0.1, -0.05) is 35.9 Å². The van der Waals surface area contributed by atoms with Crippen molar-refractivity contribution in [1.82, 2.24) is 0 Å². The Morgan fingerprint density at radius 1 is 1.00 bits per heavy atom. The molecule has 2 aromatic carbocycles. The van der Waals surface area contributed by atoms with Crippen molar-refractivity contribution in [1.29, 1.82) is 5.41 Å².